The lowest BCUT2D eigenvalue weighted by atomic mass is 10.1. The predicted octanol–water partition coefficient (Wildman–Crippen LogP) is 3.35. The molecule has 0 aromatic carbocycles. The van der Waals surface area contributed by atoms with Crippen molar-refractivity contribution in [2.75, 3.05) is 24.6 Å². The molecule has 18 heavy (non-hydrogen) atoms. The van der Waals surface area contributed by atoms with Gasteiger partial charge < -0.3 is 10.2 Å². The van der Waals surface area contributed by atoms with Gasteiger partial charge in [0, 0.05) is 29.5 Å². The van der Waals surface area contributed by atoms with E-state index in [0.29, 0.717) is 0 Å². The summed E-state index contributed by atoms with van der Waals surface area (Å²) >= 11 is 3.65. The smallest absolute Gasteiger partial charge is 0.317 e. The molecule has 1 N–H and O–H groups in total. The Bertz CT molecular complexity index is 361. The summed E-state index contributed by atoms with van der Waals surface area (Å²) in [5, 5.41) is 5.25. The fraction of sp³-hybridized carbons (Fsp3) is 0.615. The molecule has 2 rings (SSSR count). The number of thioether (sulfide) groups is 1. The van der Waals surface area contributed by atoms with Crippen molar-refractivity contribution < 1.29 is 4.79 Å². The van der Waals surface area contributed by atoms with E-state index in [1.54, 1.807) is 11.3 Å². The number of nitrogens with one attached hydrogen (secondary N) is 1. The number of thiophene rings is 1. The molecule has 1 aliphatic rings. The van der Waals surface area contributed by atoms with E-state index in [2.05, 4.69) is 23.7 Å². The van der Waals surface area contributed by atoms with Crippen LogP contribution < -0.4 is 5.32 Å². The Labute approximate surface area is 117 Å². The van der Waals surface area contributed by atoms with Crippen molar-refractivity contribution in [3.8, 4) is 0 Å². The highest BCUT2D eigenvalue weighted by molar-refractivity contribution is 7.99. The van der Waals surface area contributed by atoms with Crippen LogP contribution in [-0.2, 0) is 0 Å². The molecular formula is C13H20N2OS2. The highest BCUT2D eigenvalue weighted by Gasteiger charge is 2.20. The molecular weight excluding hydrogens is 264 g/mol. The zero-order valence-electron chi connectivity index (χ0n) is 10.7. The van der Waals surface area contributed by atoms with E-state index >= 15 is 0 Å². The van der Waals surface area contributed by atoms with E-state index in [1.165, 1.54) is 4.88 Å². The third-order valence-corrected chi connectivity index (χ3v) is 4.99. The van der Waals surface area contributed by atoms with E-state index in [9.17, 15) is 4.79 Å². The Balaban J connectivity index is 1.93. The van der Waals surface area contributed by atoms with Crippen LogP contribution in [0, 0.1) is 0 Å². The van der Waals surface area contributed by atoms with Crippen LogP contribution in [0.25, 0.3) is 0 Å². The Morgan fingerprint density at radius 1 is 1.50 bits per heavy atom. The van der Waals surface area contributed by atoms with Crippen LogP contribution in [0.2, 0.25) is 0 Å². The van der Waals surface area contributed by atoms with Crippen LogP contribution in [0.5, 0.6) is 0 Å². The molecule has 0 saturated carbocycles. The summed E-state index contributed by atoms with van der Waals surface area (Å²) in [6, 6.07) is 4.43. The Kier molecular flexibility index (Phi) is 5.38. The molecule has 0 spiro atoms. The SMILES string of the molecule is CCCC(NC(=O)N1CCSCC1)c1cccs1. The minimum Gasteiger partial charge on any atom is -0.330 e. The first-order chi connectivity index (χ1) is 8.81. The molecule has 3 nitrogen and oxygen atoms in total. The monoisotopic (exact) mass is 284 g/mol. The van der Waals surface area contributed by atoms with Crippen molar-refractivity contribution in [2.24, 2.45) is 0 Å². The third kappa shape index (κ3) is 3.65. The van der Waals surface area contributed by atoms with Gasteiger partial charge in [-0.2, -0.15) is 11.8 Å². The van der Waals surface area contributed by atoms with E-state index in [-0.39, 0.29) is 12.1 Å². The minimum atomic E-state index is 0.0992. The molecule has 1 saturated heterocycles. The molecule has 1 atom stereocenters. The number of rotatable bonds is 4. The molecule has 1 unspecified atom stereocenters. The van der Waals surface area contributed by atoms with Crippen molar-refractivity contribution in [3.63, 3.8) is 0 Å². The third-order valence-electron chi connectivity index (χ3n) is 3.06. The van der Waals surface area contributed by atoms with Gasteiger partial charge in [-0.05, 0) is 17.9 Å². The lowest BCUT2D eigenvalue weighted by Gasteiger charge is -2.28. The van der Waals surface area contributed by atoms with Gasteiger partial charge in [0.15, 0.2) is 0 Å². The molecule has 5 heteroatoms. The normalized spacial score (nSPS) is 17.5. The molecule has 1 aliphatic heterocycles. The van der Waals surface area contributed by atoms with Crippen molar-refractivity contribution in [1.82, 2.24) is 10.2 Å². The van der Waals surface area contributed by atoms with Crippen LogP contribution in [-0.4, -0.2) is 35.5 Å². The molecule has 1 fully saturated rings. The zero-order valence-corrected chi connectivity index (χ0v) is 12.4. The maximum atomic E-state index is 12.2. The number of amides is 2. The van der Waals surface area contributed by atoms with Crippen LogP contribution in [0.4, 0.5) is 4.79 Å². The molecule has 2 amide bonds. The molecule has 1 aromatic rings. The lowest BCUT2D eigenvalue weighted by Crippen LogP contribution is -2.45. The van der Waals surface area contributed by atoms with Gasteiger partial charge in [-0.15, -0.1) is 11.3 Å². The van der Waals surface area contributed by atoms with E-state index < -0.39 is 0 Å². The van der Waals surface area contributed by atoms with Gasteiger partial charge in [-0.25, -0.2) is 4.79 Å². The number of hydrogen-bond donors (Lipinski definition) is 1. The highest BCUT2D eigenvalue weighted by Crippen LogP contribution is 2.23. The largest absolute Gasteiger partial charge is 0.330 e. The van der Waals surface area contributed by atoms with Gasteiger partial charge >= 0.3 is 6.03 Å². The van der Waals surface area contributed by atoms with Gasteiger partial charge in [-0.1, -0.05) is 19.4 Å². The summed E-state index contributed by atoms with van der Waals surface area (Å²) in [6.45, 7) is 3.91. The summed E-state index contributed by atoms with van der Waals surface area (Å²) in [5.74, 6) is 2.12. The van der Waals surface area contributed by atoms with Crippen molar-refractivity contribution >= 4 is 29.1 Å². The molecule has 0 aliphatic carbocycles. The number of urea groups is 1. The van der Waals surface area contributed by atoms with Crippen LogP contribution >= 0.6 is 23.1 Å². The molecule has 100 valence electrons. The minimum absolute atomic E-state index is 0.0992. The number of hydrogen-bond acceptors (Lipinski definition) is 3. The summed E-state index contributed by atoms with van der Waals surface area (Å²) in [7, 11) is 0. The van der Waals surface area contributed by atoms with Crippen LogP contribution in [0.15, 0.2) is 17.5 Å². The Morgan fingerprint density at radius 2 is 2.28 bits per heavy atom. The van der Waals surface area contributed by atoms with E-state index in [1.807, 2.05) is 22.7 Å². The summed E-state index contributed by atoms with van der Waals surface area (Å²) in [5.41, 5.74) is 0. The zero-order chi connectivity index (χ0) is 12.8. The van der Waals surface area contributed by atoms with E-state index in [0.717, 1.165) is 37.4 Å². The van der Waals surface area contributed by atoms with Gasteiger partial charge in [0.2, 0.25) is 0 Å². The second kappa shape index (κ2) is 7.04. The summed E-state index contributed by atoms with van der Waals surface area (Å²) < 4.78 is 0. The second-order valence-corrected chi connectivity index (χ2v) is 6.61. The predicted molar refractivity (Wildman–Crippen MR) is 79.4 cm³/mol. The van der Waals surface area contributed by atoms with E-state index in [4.69, 9.17) is 0 Å². The quantitative estimate of drug-likeness (QED) is 0.919. The Morgan fingerprint density at radius 3 is 2.89 bits per heavy atom. The molecule has 0 bridgehead atoms. The first-order valence-corrected chi connectivity index (χ1v) is 8.51. The van der Waals surface area contributed by atoms with Crippen molar-refractivity contribution in [3.05, 3.63) is 22.4 Å². The van der Waals surface area contributed by atoms with Gasteiger partial charge in [0.1, 0.15) is 0 Å². The van der Waals surface area contributed by atoms with Gasteiger partial charge in [0.05, 0.1) is 6.04 Å². The fourth-order valence-electron chi connectivity index (χ4n) is 2.07. The maximum absolute atomic E-state index is 12.2. The molecule has 0 radical (unpaired) electrons. The average Bonchev–Trinajstić information content (AvgIpc) is 2.93. The summed E-state index contributed by atoms with van der Waals surface area (Å²) in [4.78, 5) is 15.4. The molecule has 1 aromatic heterocycles. The lowest BCUT2D eigenvalue weighted by molar-refractivity contribution is 0.198. The number of carbonyl (C=O) groups excluding carboxylic acids is 1. The maximum Gasteiger partial charge on any atom is 0.317 e. The first kappa shape index (κ1) is 13.7. The highest BCUT2D eigenvalue weighted by atomic mass is 32.2. The Hall–Kier alpha value is -0.680. The number of nitrogens with zero attached hydrogens (tertiary/aromatic N) is 1. The van der Waals surface area contributed by atoms with Crippen LogP contribution in [0.3, 0.4) is 0 Å². The number of carbonyl (C=O) groups is 1. The van der Waals surface area contributed by atoms with Crippen LogP contribution in [0.1, 0.15) is 30.7 Å². The van der Waals surface area contributed by atoms with Gasteiger partial charge in [-0.3, -0.25) is 0 Å². The summed E-state index contributed by atoms with van der Waals surface area (Å²) in [6.07, 6.45) is 2.09. The second-order valence-electron chi connectivity index (χ2n) is 4.41. The van der Waals surface area contributed by atoms with Gasteiger partial charge in [0.25, 0.3) is 0 Å². The van der Waals surface area contributed by atoms with Crippen molar-refractivity contribution in [2.45, 2.75) is 25.8 Å². The standard InChI is InChI=1S/C13H20N2OS2/c1-2-4-11(12-5-3-8-18-12)14-13(16)15-6-9-17-10-7-15/h3,5,8,11H,2,4,6-7,9-10H2,1H3,(H,14,16). The van der Waals surface area contributed by atoms with Crippen molar-refractivity contribution in [1.29, 1.82) is 0 Å². The first-order valence-electron chi connectivity index (χ1n) is 6.48. The fourth-order valence-corrected chi connectivity index (χ4v) is 3.79. The molecule has 2 heterocycles. The topological polar surface area (TPSA) is 32.3 Å². The average molecular weight is 284 g/mol.